The van der Waals surface area contributed by atoms with Gasteiger partial charge in [0.1, 0.15) is 17.1 Å². The lowest BCUT2D eigenvalue weighted by molar-refractivity contribution is 0.416. The molecule has 5 heteroatoms. The Kier molecular flexibility index (Phi) is 3.64. The van der Waals surface area contributed by atoms with Gasteiger partial charge in [0.15, 0.2) is 0 Å². The summed E-state index contributed by atoms with van der Waals surface area (Å²) in [5.74, 6) is 0.577. The highest BCUT2D eigenvalue weighted by atomic mass is 16.5. The zero-order valence-electron chi connectivity index (χ0n) is 16.0. The van der Waals surface area contributed by atoms with Gasteiger partial charge in [-0.1, -0.05) is 24.3 Å². The third-order valence-corrected chi connectivity index (χ3v) is 5.79. The Balaban J connectivity index is 2.03. The quantitative estimate of drug-likeness (QED) is 0.381. The molecule has 0 saturated carbocycles. The molecule has 0 saturated heterocycles. The molecule has 2 heterocycles. The average molecular weight is 375 g/mol. The summed E-state index contributed by atoms with van der Waals surface area (Å²) in [5, 5.41) is 17.5. The Morgan fingerprint density at radius 2 is 1.93 bits per heavy atom. The van der Waals surface area contributed by atoms with Gasteiger partial charge in [-0.2, -0.15) is 0 Å². The molecule has 3 aromatic carbocycles. The van der Waals surface area contributed by atoms with Crippen molar-refractivity contribution in [2.75, 3.05) is 7.11 Å². The second-order valence-corrected chi connectivity index (χ2v) is 7.60. The number of hydrogen-bond acceptors (Lipinski definition) is 5. The van der Waals surface area contributed by atoms with Crippen LogP contribution in [0.2, 0.25) is 0 Å². The lowest BCUT2D eigenvalue weighted by Gasteiger charge is -2.29. The maximum atomic E-state index is 12.9. The van der Waals surface area contributed by atoms with Gasteiger partial charge < -0.3 is 19.6 Å². The zero-order valence-corrected chi connectivity index (χ0v) is 16.0. The van der Waals surface area contributed by atoms with E-state index in [0.29, 0.717) is 28.1 Å². The largest absolute Gasteiger partial charge is 0.507 e. The van der Waals surface area contributed by atoms with Crippen molar-refractivity contribution >= 4 is 32.5 Å². The summed E-state index contributed by atoms with van der Waals surface area (Å²) < 4.78 is 11.3. The second kappa shape index (κ2) is 5.97. The first-order chi connectivity index (χ1) is 13.5. The van der Waals surface area contributed by atoms with Gasteiger partial charge in [-0.25, -0.2) is 4.79 Å². The van der Waals surface area contributed by atoms with Crippen LogP contribution in [-0.4, -0.2) is 18.3 Å². The Bertz CT molecular complexity index is 1320. The maximum absolute atomic E-state index is 12.9. The minimum absolute atomic E-state index is 0.0842. The lowest BCUT2D eigenvalue weighted by Crippen LogP contribution is -2.36. The number of hydrogen-bond donors (Lipinski definition) is 2. The molecule has 0 aliphatic carbocycles. The Labute approximate surface area is 161 Å². The number of benzene rings is 3. The highest BCUT2D eigenvalue weighted by Crippen LogP contribution is 2.42. The highest BCUT2D eigenvalue weighted by Gasteiger charge is 2.26. The highest BCUT2D eigenvalue weighted by molar-refractivity contribution is 6.21. The molecule has 2 N–H and O–H groups in total. The van der Waals surface area contributed by atoms with Crippen molar-refractivity contribution in [1.29, 1.82) is 0 Å². The molecule has 1 aliphatic heterocycles. The van der Waals surface area contributed by atoms with Gasteiger partial charge in [0.2, 0.25) is 0 Å². The van der Waals surface area contributed by atoms with E-state index in [1.165, 1.54) is 12.7 Å². The van der Waals surface area contributed by atoms with E-state index in [1.807, 2.05) is 12.1 Å². The van der Waals surface area contributed by atoms with Gasteiger partial charge in [-0.05, 0) is 43.4 Å². The van der Waals surface area contributed by atoms with Crippen LogP contribution < -0.4 is 15.7 Å². The summed E-state index contributed by atoms with van der Waals surface area (Å²) in [6.45, 7) is 4.25. The summed E-state index contributed by atoms with van der Waals surface area (Å²) in [6, 6.07) is 11.6. The fourth-order valence-electron chi connectivity index (χ4n) is 4.69. The van der Waals surface area contributed by atoms with Crippen LogP contribution in [0.15, 0.2) is 45.6 Å². The summed E-state index contributed by atoms with van der Waals surface area (Å²) in [7, 11) is 1.53. The maximum Gasteiger partial charge on any atom is 0.344 e. The van der Waals surface area contributed by atoms with Crippen LogP contribution in [0.25, 0.3) is 32.5 Å². The van der Waals surface area contributed by atoms with E-state index in [2.05, 4.69) is 25.2 Å². The van der Waals surface area contributed by atoms with E-state index in [4.69, 9.17) is 9.15 Å². The standard InChI is InChI=1S/C23H21NO4/c1-11-9-13-7-8-15-20-14-5-4-6-17(25)21(14)18(27-3)10-16(20)23(26)28-22(15)19(13)12(2)24-11/h4-8,10-12,24-25H,9H2,1-3H3. The van der Waals surface area contributed by atoms with Crippen LogP contribution in [-0.2, 0) is 6.42 Å². The molecule has 28 heavy (non-hydrogen) atoms. The van der Waals surface area contributed by atoms with Crippen LogP contribution in [0, 0.1) is 0 Å². The number of aromatic hydroxyl groups is 1. The number of ether oxygens (including phenoxy) is 1. The predicted octanol–water partition coefficient (Wildman–Crippen LogP) is 4.41. The second-order valence-electron chi connectivity index (χ2n) is 7.60. The molecule has 0 bridgehead atoms. The molecule has 1 aromatic heterocycles. The molecule has 0 radical (unpaired) electrons. The van der Waals surface area contributed by atoms with Crippen molar-refractivity contribution in [3.63, 3.8) is 0 Å². The molecular weight excluding hydrogens is 354 g/mol. The number of nitrogens with one attached hydrogen (secondary N) is 1. The Hall–Kier alpha value is -3.05. The fraction of sp³-hybridized carbons (Fsp3) is 0.261. The molecular formula is C23H21NO4. The van der Waals surface area contributed by atoms with E-state index in [1.54, 1.807) is 18.2 Å². The summed E-state index contributed by atoms with van der Waals surface area (Å²) in [4.78, 5) is 12.9. The normalized spacial score (nSPS) is 19.2. The SMILES string of the molecule is COc1cc2c(=O)oc3c4c(ccc3c2c2cccc(O)c12)CC(C)NC4C. The van der Waals surface area contributed by atoms with E-state index in [-0.39, 0.29) is 11.8 Å². The molecule has 0 spiro atoms. The molecule has 5 rings (SSSR count). The lowest BCUT2D eigenvalue weighted by atomic mass is 9.88. The minimum atomic E-state index is -0.398. The molecule has 4 aromatic rings. The van der Waals surface area contributed by atoms with Crippen molar-refractivity contribution in [1.82, 2.24) is 5.32 Å². The summed E-state index contributed by atoms with van der Waals surface area (Å²) >= 11 is 0. The van der Waals surface area contributed by atoms with E-state index < -0.39 is 5.63 Å². The average Bonchev–Trinajstić information content (AvgIpc) is 2.66. The summed E-state index contributed by atoms with van der Waals surface area (Å²) in [5.41, 5.74) is 2.47. The molecule has 2 unspecified atom stereocenters. The number of methoxy groups -OCH3 is 1. The van der Waals surface area contributed by atoms with Crippen molar-refractivity contribution in [3.05, 3.63) is 57.9 Å². The summed E-state index contributed by atoms with van der Waals surface area (Å²) in [6.07, 6.45) is 0.890. The van der Waals surface area contributed by atoms with Crippen molar-refractivity contribution in [3.8, 4) is 11.5 Å². The molecule has 2 atom stereocenters. The van der Waals surface area contributed by atoms with Crippen LogP contribution >= 0.6 is 0 Å². The van der Waals surface area contributed by atoms with E-state index in [0.717, 1.165) is 28.1 Å². The number of rotatable bonds is 1. The van der Waals surface area contributed by atoms with Gasteiger partial charge in [0, 0.05) is 28.4 Å². The topological polar surface area (TPSA) is 71.7 Å². The van der Waals surface area contributed by atoms with E-state index >= 15 is 0 Å². The van der Waals surface area contributed by atoms with Crippen molar-refractivity contribution < 1.29 is 14.3 Å². The van der Waals surface area contributed by atoms with Crippen LogP contribution in [0.4, 0.5) is 0 Å². The molecule has 5 nitrogen and oxygen atoms in total. The first kappa shape index (κ1) is 17.1. The van der Waals surface area contributed by atoms with Crippen LogP contribution in [0.3, 0.4) is 0 Å². The zero-order chi connectivity index (χ0) is 19.6. The van der Waals surface area contributed by atoms with Gasteiger partial charge in [-0.3, -0.25) is 0 Å². The van der Waals surface area contributed by atoms with Crippen molar-refractivity contribution in [2.45, 2.75) is 32.4 Å². The van der Waals surface area contributed by atoms with Gasteiger partial charge in [-0.15, -0.1) is 0 Å². The van der Waals surface area contributed by atoms with Crippen molar-refractivity contribution in [2.24, 2.45) is 0 Å². The van der Waals surface area contributed by atoms with Gasteiger partial charge >= 0.3 is 5.63 Å². The Morgan fingerprint density at radius 3 is 2.71 bits per heavy atom. The third-order valence-electron chi connectivity index (χ3n) is 5.79. The van der Waals surface area contributed by atoms with Gasteiger partial charge in [0.05, 0.1) is 17.9 Å². The van der Waals surface area contributed by atoms with Gasteiger partial charge in [0.25, 0.3) is 0 Å². The number of fused-ring (bicyclic) bond motifs is 7. The third kappa shape index (κ3) is 2.26. The Morgan fingerprint density at radius 1 is 1.11 bits per heavy atom. The number of phenols is 1. The van der Waals surface area contributed by atoms with Crippen LogP contribution in [0.5, 0.6) is 11.5 Å². The monoisotopic (exact) mass is 375 g/mol. The first-order valence-electron chi connectivity index (χ1n) is 9.46. The molecule has 0 fully saturated rings. The van der Waals surface area contributed by atoms with Crippen LogP contribution in [0.1, 0.15) is 31.0 Å². The molecule has 142 valence electrons. The predicted molar refractivity (Wildman–Crippen MR) is 110 cm³/mol. The molecule has 0 amide bonds. The smallest absolute Gasteiger partial charge is 0.344 e. The number of phenolic OH excluding ortho intramolecular Hbond substituents is 1. The van der Waals surface area contributed by atoms with E-state index in [9.17, 15) is 9.90 Å². The first-order valence-corrected chi connectivity index (χ1v) is 9.46. The molecule has 1 aliphatic rings. The minimum Gasteiger partial charge on any atom is -0.507 e. The fourth-order valence-corrected chi connectivity index (χ4v) is 4.69.